The molecule has 1 aromatic carbocycles. The lowest BCUT2D eigenvalue weighted by Crippen LogP contribution is -2.40. The third kappa shape index (κ3) is 3.26. The minimum atomic E-state index is -0.242. The van der Waals surface area contributed by atoms with Gasteiger partial charge >= 0.3 is 5.63 Å². The summed E-state index contributed by atoms with van der Waals surface area (Å²) in [4.78, 5) is 14.4. The molecular weight excluding hydrogens is 300 g/mol. The van der Waals surface area contributed by atoms with Gasteiger partial charge in [-0.15, -0.1) is 0 Å². The Morgan fingerprint density at radius 1 is 1.21 bits per heavy atom. The summed E-state index contributed by atoms with van der Waals surface area (Å²) < 4.78 is 5.37. The van der Waals surface area contributed by atoms with Crippen molar-refractivity contribution in [3.63, 3.8) is 0 Å². The molecule has 2 aromatic rings. The van der Waals surface area contributed by atoms with Crippen molar-refractivity contribution < 1.29 is 4.42 Å². The van der Waals surface area contributed by atoms with Gasteiger partial charge in [0.1, 0.15) is 5.58 Å². The van der Waals surface area contributed by atoms with Gasteiger partial charge in [-0.25, -0.2) is 4.79 Å². The normalized spacial score (nSPS) is 23.1. The van der Waals surface area contributed by atoms with Crippen LogP contribution in [0.4, 0.5) is 0 Å². The van der Waals surface area contributed by atoms with E-state index in [1.54, 1.807) is 6.07 Å². The molecule has 3 heterocycles. The molecule has 0 amide bonds. The maximum Gasteiger partial charge on any atom is 0.336 e. The van der Waals surface area contributed by atoms with Gasteiger partial charge in [0.15, 0.2) is 0 Å². The first-order valence-electron chi connectivity index (χ1n) is 9.18. The molecule has 2 saturated heterocycles. The van der Waals surface area contributed by atoms with Gasteiger partial charge in [0.05, 0.1) is 0 Å². The smallest absolute Gasteiger partial charge is 0.336 e. The van der Waals surface area contributed by atoms with Crippen molar-refractivity contribution >= 4 is 11.0 Å². The second-order valence-electron chi connectivity index (χ2n) is 7.41. The van der Waals surface area contributed by atoms with Crippen LogP contribution in [0.2, 0.25) is 0 Å². The molecule has 24 heavy (non-hydrogen) atoms. The SMILES string of the molecule is Cc1ccc2c(CN3CCC(C4CCCN4)CC3)cc(=O)oc2c1. The molecule has 4 heteroatoms. The number of likely N-dealkylation sites (tertiary alicyclic amines) is 1. The van der Waals surface area contributed by atoms with E-state index in [9.17, 15) is 4.79 Å². The highest BCUT2D eigenvalue weighted by Crippen LogP contribution is 2.27. The van der Waals surface area contributed by atoms with Crippen molar-refractivity contribution in [2.75, 3.05) is 19.6 Å². The zero-order valence-electron chi connectivity index (χ0n) is 14.4. The fourth-order valence-electron chi connectivity index (χ4n) is 4.34. The first kappa shape index (κ1) is 15.9. The molecule has 4 nitrogen and oxygen atoms in total. The Hall–Kier alpha value is -1.65. The average molecular weight is 326 g/mol. The number of benzene rings is 1. The molecule has 128 valence electrons. The molecule has 0 bridgehead atoms. The van der Waals surface area contributed by atoms with Crippen molar-refractivity contribution in [1.82, 2.24) is 10.2 Å². The minimum Gasteiger partial charge on any atom is -0.423 e. The predicted octanol–water partition coefficient (Wildman–Crippen LogP) is 3.07. The van der Waals surface area contributed by atoms with Crippen LogP contribution in [0.1, 0.15) is 36.8 Å². The van der Waals surface area contributed by atoms with E-state index in [2.05, 4.69) is 22.3 Å². The Morgan fingerprint density at radius 2 is 2.04 bits per heavy atom. The number of piperidine rings is 1. The molecule has 0 saturated carbocycles. The summed E-state index contributed by atoms with van der Waals surface area (Å²) in [7, 11) is 0. The van der Waals surface area contributed by atoms with Gasteiger partial charge in [0, 0.05) is 24.0 Å². The van der Waals surface area contributed by atoms with E-state index in [1.807, 2.05) is 13.0 Å². The minimum absolute atomic E-state index is 0.242. The first-order valence-corrected chi connectivity index (χ1v) is 9.18. The monoisotopic (exact) mass is 326 g/mol. The lowest BCUT2D eigenvalue weighted by molar-refractivity contribution is 0.157. The van der Waals surface area contributed by atoms with Crippen LogP contribution in [0, 0.1) is 12.8 Å². The van der Waals surface area contributed by atoms with E-state index in [4.69, 9.17) is 4.42 Å². The Balaban J connectivity index is 1.48. The van der Waals surface area contributed by atoms with Crippen LogP contribution in [0.5, 0.6) is 0 Å². The van der Waals surface area contributed by atoms with Gasteiger partial charge in [0.25, 0.3) is 0 Å². The zero-order chi connectivity index (χ0) is 16.5. The summed E-state index contributed by atoms with van der Waals surface area (Å²) >= 11 is 0. The van der Waals surface area contributed by atoms with Crippen molar-refractivity contribution in [1.29, 1.82) is 0 Å². The highest BCUT2D eigenvalue weighted by atomic mass is 16.4. The van der Waals surface area contributed by atoms with Crippen molar-refractivity contribution in [3.05, 3.63) is 45.8 Å². The summed E-state index contributed by atoms with van der Waals surface area (Å²) in [6.07, 6.45) is 5.19. The Morgan fingerprint density at radius 3 is 2.79 bits per heavy atom. The van der Waals surface area contributed by atoms with Crippen LogP contribution in [0.15, 0.2) is 33.5 Å². The van der Waals surface area contributed by atoms with Gasteiger partial charge in [-0.3, -0.25) is 4.90 Å². The molecule has 2 aliphatic heterocycles. The van der Waals surface area contributed by atoms with Crippen LogP contribution in [-0.2, 0) is 6.54 Å². The predicted molar refractivity (Wildman–Crippen MR) is 96.2 cm³/mol. The van der Waals surface area contributed by atoms with Crippen LogP contribution < -0.4 is 10.9 Å². The van der Waals surface area contributed by atoms with Gasteiger partial charge < -0.3 is 9.73 Å². The summed E-state index contributed by atoms with van der Waals surface area (Å²) in [5.74, 6) is 0.823. The molecule has 1 unspecified atom stereocenters. The summed E-state index contributed by atoms with van der Waals surface area (Å²) in [5, 5.41) is 4.72. The molecule has 1 aromatic heterocycles. The molecule has 4 rings (SSSR count). The van der Waals surface area contributed by atoms with E-state index in [1.165, 1.54) is 32.2 Å². The fraction of sp³-hybridized carbons (Fsp3) is 0.550. The molecule has 0 radical (unpaired) electrons. The summed E-state index contributed by atoms with van der Waals surface area (Å²) in [6, 6.07) is 8.53. The van der Waals surface area contributed by atoms with Crippen LogP contribution in [0.3, 0.4) is 0 Å². The Labute approximate surface area is 142 Å². The van der Waals surface area contributed by atoms with E-state index in [-0.39, 0.29) is 5.63 Å². The van der Waals surface area contributed by atoms with E-state index in [0.29, 0.717) is 5.58 Å². The second kappa shape index (κ2) is 6.69. The Bertz CT molecular complexity index is 769. The number of aryl methyl sites for hydroxylation is 1. The zero-order valence-corrected chi connectivity index (χ0v) is 14.4. The quantitative estimate of drug-likeness (QED) is 0.881. The van der Waals surface area contributed by atoms with Crippen LogP contribution in [-0.4, -0.2) is 30.6 Å². The molecule has 2 aliphatic rings. The standard InChI is InChI=1S/C20H26N2O2/c1-14-4-5-17-16(12-20(23)24-19(17)11-14)13-22-9-6-15(7-10-22)18-3-2-8-21-18/h4-5,11-12,15,18,21H,2-3,6-10,13H2,1H3. The Kier molecular flexibility index (Phi) is 4.42. The molecular formula is C20H26N2O2. The summed E-state index contributed by atoms with van der Waals surface area (Å²) in [5.41, 5.74) is 2.68. The van der Waals surface area contributed by atoms with Gasteiger partial charge in [-0.1, -0.05) is 12.1 Å². The maximum absolute atomic E-state index is 11.9. The molecule has 0 spiro atoms. The molecule has 1 atom stereocenters. The van der Waals surface area contributed by atoms with Crippen molar-refractivity contribution in [2.24, 2.45) is 5.92 Å². The lowest BCUT2D eigenvalue weighted by atomic mass is 9.88. The lowest BCUT2D eigenvalue weighted by Gasteiger charge is -2.35. The third-order valence-corrected chi connectivity index (χ3v) is 5.68. The first-order chi connectivity index (χ1) is 11.7. The molecule has 0 aliphatic carbocycles. The fourth-order valence-corrected chi connectivity index (χ4v) is 4.34. The largest absolute Gasteiger partial charge is 0.423 e. The molecule has 2 fully saturated rings. The maximum atomic E-state index is 11.9. The molecule has 1 N–H and O–H groups in total. The number of rotatable bonds is 3. The van der Waals surface area contributed by atoms with Gasteiger partial charge in [0.2, 0.25) is 0 Å². The van der Waals surface area contributed by atoms with Crippen LogP contribution in [0.25, 0.3) is 11.0 Å². The van der Waals surface area contributed by atoms with E-state index >= 15 is 0 Å². The topological polar surface area (TPSA) is 45.5 Å². The highest BCUT2D eigenvalue weighted by molar-refractivity contribution is 5.80. The van der Waals surface area contributed by atoms with E-state index in [0.717, 1.165) is 48.1 Å². The second-order valence-corrected chi connectivity index (χ2v) is 7.41. The van der Waals surface area contributed by atoms with Crippen LogP contribution >= 0.6 is 0 Å². The summed E-state index contributed by atoms with van der Waals surface area (Å²) in [6.45, 7) is 6.30. The number of nitrogens with one attached hydrogen (secondary N) is 1. The van der Waals surface area contributed by atoms with Gasteiger partial charge in [-0.2, -0.15) is 0 Å². The van der Waals surface area contributed by atoms with E-state index < -0.39 is 0 Å². The number of fused-ring (bicyclic) bond motifs is 1. The highest BCUT2D eigenvalue weighted by Gasteiger charge is 2.28. The van der Waals surface area contributed by atoms with Crippen molar-refractivity contribution in [3.8, 4) is 0 Å². The third-order valence-electron chi connectivity index (χ3n) is 5.68. The number of nitrogens with zero attached hydrogens (tertiary/aromatic N) is 1. The van der Waals surface area contributed by atoms with Crippen molar-refractivity contribution in [2.45, 2.75) is 45.2 Å². The van der Waals surface area contributed by atoms with Gasteiger partial charge in [-0.05, 0) is 75.4 Å². The number of hydrogen-bond acceptors (Lipinski definition) is 4. The number of hydrogen-bond donors (Lipinski definition) is 1. The average Bonchev–Trinajstić information content (AvgIpc) is 3.09.